The van der Waals surface area contributed by atoms with Crippen LogP contribution in [-0.4, -0.2) is 73.1 Å². The standard InChI is InChI=1S/C22H24N2O6/c1-28-16-5-2-4-15(14-16)19-18(20(25)17-6-3-11-30-17)21(26)22(27)24(19)8-7-23-9-12-29-13-10-23/h2-6,11,14,19,26H,7-10,12-13H2,1H3. The van der Waals surface area contributed by atoms with Crippen LogP contribution in [0.3, 0.4) is 0 Å². The van der Waals surface area contributed by atoms with Gasteiger partial charge in [-0.1, -0.05) is 12.1 Å². The van der Waals surface area contributed by atoms with E-state index in [0.29, 0.717) is 37.6 Å². The maximum absolute atomic E-state index is 13.1. The van der Waals surface area contributed by atoms with Gasteiger partial charge in [0, 0.05) is 26.2 Å². The number of Topliss-reactive ketones (excluding diaryl/α,β-unsaturated/α-hetero) is 1. The molecule has 1 aromatic heterocycles. The van der Waals surface area contributed by atoms with Crippen LogP contribution < -0.4 is 4.74 Å². The Balaban J connectivity index is 1.68. The quantitative estimate of drug-likeness (QED) is 0.697. The van der Waals surface area contributed by atoms with Crippen molar-refractivity contribution in [1.29, 1.82) is 0 Å². The lowest BCUT2D eigenvalue weighted by Crippen LogP contribution is -2.43. The lowest BCUT2D eigenvalue weighted by molar-refractivity contribution is -0.129. The first-order valence-electron chi connectivity index (χ1n) is 9.86. The van der Waals surface area contributed by atoms with Crippen molar-refractivity contribution in [3.05, 3.63) is 65.3 Å². The number of methoxy groups -OCH3 is 1. The van der Waals surface area contributed by atoms with E-state index in [1.807, 2.05) is 6.07 Å². The molecule has 1 unspecified atom stereocenters. The Labute approximate surface area is 174 Å². The van der Waals surface area contributed by atoms with Crippen LogP contribution >= 0.6 is 0 Å². The van der Waals surface area contributed by atoms with Gasteiger partial charge >= 0.3 is 0 Å². The van der Waals surface area contributed by atoms with E-state index in [0.717, 1.165) is 13.1 Å². The van der Waals surface area contributed by atoms with Gasteiger partial charge in [-0.2, -0.15) is 0 Å². The molecule has 2 aromatic rings. The number of hydrogen-bond donors (Lipinski definition) is 1. The van der Waals surface area contributed by atoms with E-state index in [4.69, 9.17) is 13.9 Å². The lowest BCUT2D eigenvalue weighted by Gasteiger charge is -2.31. The Hall–Kier alpha value is -3.10. The van der Waals surface area contributed by atoms with Crippen molar-refractivity contribution in [1.82, 2.24) is 9.80 Å². The van der Waals surface area contributed by atoms with Crippen LogP contribution in [0.5, 0.6) is 5.75 Å². The molecule has 2 aliphatic rings. The Morgan fingerprint density at radius 2 is 2.00 bits per heavy atom. The summed E-state index contributed by atoms with van der Waals surface area (Å²) in [4.78, 5) is 29.8. The number of rotatable bonds is 7. The number of ketones is 1. The fourth-order valence-electron chi connectivity index (χ4n) is 3.89. The molecule has 0 radical (unpaired) electrons. The average Bonchev–Trinajstić information content (AvgIpc) is 3.40. The summed E-state index contributed by atoms with van der Waals surface area (Å²) in [5, 5.41) is 10.7. The van der Waals surface area contributed by atoms with Gasteiger partial charge in [-0.15, -0.1) is 0 Å². The van der Waals surface area contributed by atoms with E-state index < -0.39 is 23.5 Å². The third kappa shape index (κ3) is 3.83. The maximum Gasteiger partial charge on any atom is 0.290 e. The Kier molecular flexibility index (Phi) is 5.87. The first-order chi connectivity index (χ1) is 14.6. The molecule has 2 aliphatic heterocycles. The molecular weight excluding hydrogens is 388 g/mol. The molecule has 1 atom stereocenters. The van der Waals surface area contributed by atoms with E-state index in [1.54, 1.807) is 31.4 Å². The van der Waals surface area contributed by atoms with Gasteiger partial charge < -0.3 is 23.9 Å². The summed E-state index contributed by atoms with van der Waals surface area (Å²) in [7, 11) is 1.55. The van der Waals surface area contributed by atoms with Crippen LogP contribution in [0.25, 0.3) is 0 Å². The number of nitrogens with zero attached hydrogens (tertiary/aromatic N) is 2. The van der Waals surface area contributed by atoms with Crippen LogP contribution in [0.15, 0.2) is 58.4 Å². The number of furan rings is 1. The summed E-state index contributed by atoms with van der Waals surface area (Å²) in [6.45, 7) is 3.84. The molecule has 1 fully saturated rings. The SMILES string of the molecule is COc1cccc(C2C(C(=O)c3ccco3)=C(O)C(=O)N2CCN2CCOCC2)c1. The van der Waals surface area contributed by atoms with Gasteiger partial charge in [-0.3, -0.25) is 14.5 Å². The van der Waals surface area contributed by atoms with E-state index >= 15 is 0 Å². The molecule has 0 saturated carbocycles. The molecule has 158 valence electrons. The van der Waals surface area contributed by atoms with Crippen molar-refractivity contribution < 1.29 is 28.6 Å². The molecular formula is C22H24N2O6. The van der Waals surface area contributed by atoms with Crippen LogP contribution in [0, 0.1) is 0 Å². The minimum Gasteiger partial charge on any atom is -0.503 e. The molecule has 0 aliphatic carbocycles. The maximum atomic E-state index is 13.1. The van der Waals surface area contributed by atoms with Crippen molar-refractivity contribution in [2.24, 2.45) is 0 Å². The van der Waals surface area contributed by atoms with Gasteiger partial charge in [0.1, 0.15) is 5.75 Å². The van der Waals surface area contributed by atoms with Crippen LogP contribution in [-0.2, 0) is 9.53 Å². The summed E-state index contributed by atoms with van der Waals surface area (Å²) in [5.74, 6) is -0.929. The summed E-state index contributed by atoms with van der Waals surface area (Å²) < 4.78 is 15.9. The number of amides is 1. The Morgan fingerprint density at radius 1 is 1.20 bits per heavy atom. The van der Waals surface area contributed by atoms with Gasteiger partial charge in [0.15, 0.2) is 11.5 Å². The predicted molar refractivity (Wildman–Crippen MR) is 107 cm³/mol. The first kappa shape index (κ1) is 20.2. The van der Waals surface area contributed by atoms with Crippen LogP contribution in [0.4, 0.5) is 0 Å². The van der Waals surface area contributed by atoms with E-state index in [1.165, 1.54) is 17.2 Å². The molecule has 8 heteroatoms. The van der Waals surface area contributed by atoms with Gasteiger partial charge in [0.25, 0.3) is 5.91 Å². The smallest absolute Gasteiger partial charge is 0.290 e. The average molecular weight is 412 g/mol. The monoisotopic (exact) mass is 412 g/mol. The number of morpholine rings is 1. The van der Waals surface area contributed by atoms with Crippen molar-refractivity contribution in [3.63, 3.8) is 0 Å². The fraction of sp³-hybridized carbons (Fsp3) is 0.364. The number of carbonyl (C=O) groups excluding carboxylic acids is 2. The minimum atomic E-state index is -0.730. The molecule has 1 saturated heterocycles. The van der Waals surface area contributed by atoms with Crippen molar-refractivity contribution in [2.75, 3.05) is 46.5 Å². The van der Waals surface area contributed by atoms with E-state index in [-0.39, 0.29) is 11.3 Å². The van der Waals surface area contributed by atoms with Crippen LogP contribution in [0.1, 0.15) is 22.2 Å². The molecule has 3 heterocycles. The molecule has 30 heavy (non-hydrogen) atoms. The molecule has 0 spiro atoms. The summed E-state index contributed by atoms with van der Waals surface area (Å²) in [5.41, 5.74) is 0.703. The third-order valence-electron chi connectivity index (χ3n) is 5.46. The molecule has 4 rings (SSSR count). The Bertz CT molecular complexity index is 946. The number of hydrogen-bond acceptors (Lipinski definition) is 7. The van der Waals surface area contributed by atoms with Gasteiger partial charge in [-0.25, -0.2) is 0 Å². The van der Waals surface area contributed by atoms with Gasteiger partial charge in [0.2, 0.25) is 5.78 Å². The third-order valence-corrected chi connectivity index (χ3v) is 5.46. The largest absolute Gasteiger partial charge is 0.503 e. The highest BCUT2D eigenvalue weighted by Crippen LogP contribution is 2.39. The topological polar surface area (TPSA) is 92.5 Å². The summed E-state index contributed by atoms with van der Waals surface area (Å²) >= 11 is 0. The number of aliphatic hydroxyl groups is 1. The highest BCUT2D eigenvalue weighted by atomic mass is 16.5. The van der Waals surface area contributed by atoms with Crippen molar-refractivity contribution in [2.45, 2.75) is 6.04 Å². The summed E-state index contributed by atoms with van der Waals surface area (Å²) in [6, 6.07) is 9.55. The van der Waals surface area contributed by atoms with Crippen molar-refractivity contribution >= 4 is 11.7 Å². The molecule has 0 bridgehead atoms. The molecule has 8 nitrogen and oxygen atoms in total. The van der Waals surface area contributed by atoms with Crippen molar-refractivity contribution in [3.8, 4) is 5.75 Å². The second kappa shape index (κ2) is 8.73. The number of benzene rings is 1. The fourth-order valence-corrected chi connectivity index (χ4v) is 3.89. The predicted octanol–water partition coefficient (Wildman–Crippen LogP) is 2.20. The zero-order valence-electron chi connectivity index (χ0n) is 16.7. The molecule has 1 N–H and O–H groups in total. The highest BCUT2D eigenvalue weighted by molar-refractivity contribution is 6.15. The van der Waals surface area contributed by atoms with Gasteiger partial charge in [-0.05, 0) is 29.8 Å². The second-order valence-corrected chi connectivity index (χ2v) is 7.20. The lowest BCUT2D eigenvalue weighted by atomic mass is 9.95. The highest BCUT2D eigenvalue weighted by Gasteiger charge is 2.44. The number of ether oxygens (including phenoxy) is 2. The Morgan fingerprint density at radius 3 is 2.70 bits per heavy atom. The normalized spacial score (nSPS) is 20.1. The van der Waals surface area contributed by atoms with E-state index in [2.05, 4.69) is 4.90 Å². The number of aliphatic hydroxyl groups excluding tert-OH is 1. The minimum absolute atomic E-state index is 0.0187. The molecule has 1 aromatic carbocycles. The second-order valence-electron chi connectivity index (χ2n) is 7.20. The zero-order valence-corrected chi connectivity index (χ0v) is 16.7. The van der Waals surface area contributed by atoms with Crippen LogP contribution in [0.2, 0.25) is 0 Å². The van der Waals surface area contributed by atoms with Gasteiger partial charge in [0.05, 0.1) is 38.2 Å². The first-order valence-corrected chi connectivity index (χ1v) is 9.86. The summed E-state index contributed by atoms with van der Waals surface area (Å²) in [6.07, 6.45) is 1.39. The number of carbonyl (C=O) groups is 2. The van der Waals surface area contributed by atoms with E-state index in [9.17, 15) is 14.7 Å². The zero-order chi connectivity index (χ0) is 21.1. The molecule has 1 amide bonds.